The zero-order valence-corrected chi connectivity index (χ0v) is 11.3. The molecular weight excluding hydrogens is 256 g/mol. The Hall–Kier alpha value is -1.40. The van der Waals surface area contributed by atoms with Crippen molar-refractivity contribution in [1.29, 1.82) is 0 Å². The fourth-order valence-corrected chi connectivity index (χ4v) is 1.52. The highest BCUT2D eigenvalue weighted by molar-refractivity contribution is 7.85. The molecule has 1 rings (SSSR count). The van der Waals surface area contributed by atoms with Crippen molar-refractivity contribution in [3.8, 4) is 0 Å². The van der Waals surface area contributed by atoms with Gasteiger partial charge in [-0.2, -0.15) is 8.42 Å². The second-order valence-electron chi connectivity index (χ2n) is 3.79. The van der Waals surface area contributed by atoms with Crippen LogP contribution in [-0.2, 0) is 14.9 Å². The van der Waals surface area contributed by atoms with Gasteiger partial charge >= 0.3 is 5.97 Å². The smallest absolute Gasteiger partial charge is 0.303 e. The van der Waals surface area contributed by atoms with Gasteiger partial charge in [0, 0.05) is 6.42 Å². The van der Waals surface area contributed by atoms with Crippen LogP contribution in [0.2, 0.25) is 0 Å². The molecule has 6 heteroatoms. The minimum atomic E-state index is -4.02. The van der Waals surface area contributed by atoms with Crippen molar-refractivity contribution >= 4 is 16.1 Å². The molecule has 0 amide bonds. The molecule has 0 fully saturated rings. The number of hydrogen-bond donors (Lipinski definition) is 2. The summed E-state index contributed by atoms with van der Waals surface area (Å²) in [5.74, 6) is -0.693. The van der Waals surface area contributed by atoms with Crippen molar-refractivity contribution in [2.75, 3.05) is 0 Å². The van der Waals surface area contributed by atoms with Crippen LogP contribution in [-0.4, -0.2) is 24.0 Å². The molecule has 0 heterocycles. The molecule has 0 aromatic heterocycles. The number of benzene rings is 1. The maximum Gasteiger partial charge on any atom is 0.303 e. The lowest BCUT2D eigenvalue weighted by atomic mass is 10.2. The van der Waals surface area contributed by atoms with Gasteiger partial charge in [-0.15, -0.1) is 0 Å². The number of unbranched alkanes of at least 4 members (excludes halogenated alkanes) is 1. The third-order valence-electron chi connectivity index (χ3n) is 2.06. The summed E-state index contributed by atoms with van der Waals surface area (Å²) >= 11 is 0. The first-order chi connectivity index (χ1) is 8.27. The van der Waals surface area contributed by atoms with E-state index in [0.29, 0.717) is 6.42 Å². The van der Waals surface area contributed by atoms with Crippen LogP contribution in [0, 0.1) is 6.92 Å². The molecule has 0 saturated carbocycles. The summed E-state index contributed by atoms with van der Waals surface area (Å²) in [6.45, 7) is 3.82. The van der Waals surface area contributed by atoms with Gasteiger partial charge in [-0.25, -0.2) is 0 Å². The molecule has 0 radical (unpaired) electrons. The van der Waals surface area contributed by atoms with E-state index in [2.05, 4.69) is 0 Å². The van der Waals surface area contributed by atoms with Crippen molar-refractivity contribution in [2.24, 2.45) is 0 Å². The predicted octanol–water partition coefficient (Wildman–Crippen LogP) is 2.50. The largest absolute Gasteiger partial charge is 0.481 e. The van der Waals surface area contributed by atoms with Gasteiger partial charge in [0.2, 0.25) is 0 Å². The molecule has 0 bridgehead atoms. The highest BCUT2D eigenvalue weighted by Gasteiger charge is 2.06. The number of aryl methyl sites for hydroxylation is 1. The molecule has 0 aliphatic carbocycles. The molecule has 0 spiro atoms. The van der Waals surface area contributed by atoms with Crippen LogP contribution in [0.25, 0.3) is 0 Å². The molecule has 1 aromatic carbocycles. The van der Waals surface area contributed by atoms with E-state index in [0.717, 1.165) is 18.4 Å². The zero-order chi connectivity index (χ0) is 14.2. The lowest BCUT2D eigenvalue weighted by Crippen LogP contribution is -1.96. The Balaban J connectivity index is 0.000000360. The van der Waals surface area contributed by atoms with Crippen molar-refractivity contribution in [3.63, 3.8) is 0 Å². The highest BCUT2D eigenvalue weighted by Crippen LogP contribution is 2.08. The third-order valence-corrected chi connectivity index (χ3v) is 2.93. The van der Waals surface area contributed by atoms with Crippen LogP contribution >= 0.6 is 0 Å². The van der Waals surface area contributed by atoms with Gasteiger partial charge in [0.25, 0.3) is 10.1 Å². The summed E-state index contributed by atoms with van der Waals surface area (Å²) in [4.78, 5) is 9.69. The summed E-state index contributed by atoms with van der Waals surface area (Å²) in [5.41, 5.74) is 0.956. The first kappa shape index (κ1) is 16.6. The van der Waals surface area contributed by atoms with Crippen molar-refractivity contribution < 1.29 is 22.9 Å². The predicted molar refractivity (Wildman–Crippen MR) is 68.2 cm³/mol. The minimum Gasteiger partial charge on any atom is -0.481 e. The zero-order valence-electron chi connectivity index (χ0n) is 10.5. The topological polar surface area (TPSA) is 91.7 Å². The number of carboxylic acids is 1. The molecule has 0 unspecified atom stereocenters. The van der Waals surface area contributed by atoms with Gasteiger partial charge in [-0.1, -0.05) is 31.0 Å². The second-order valence-corrected chi connectivity index (χ2v) is 5.21. The maximum atomic E-state index is 10.5. The van der Waals surface area contributed by atoms with Gasteiger partial charge < -0.3 is 5.11 Å². The van der Waals surface area contributed by atoms with Crippen molar-refractivity contribution in [3.05, 3.63) is 29.8 Å². The standard InChI is InChI=1S/C7H8O3S.C5H10O2/c1-6-2-4-7(5-3-6)11(8,9)10;1-2-3-4-5(6)7/h2-5H,1H3,(H,8,9,10);2-4H2,1H3,(H,6,7). The summed E-state index contributed by atoms with van der Waals surface area (Å²) in [6.07, 6.45) is 2.08. The number of hydrogen-bond acceptors (Lipinski definition) is 3. The molecule has 0 atom stereocenters. The van der Waals surface area contributed by atoms with Gasteiger partial charge in [0.05, 0.1) is 4.90 Å². The monoisotopic (exact) mass is 274 g/mol. The summed E-state index contributed by atoms with van der Waals surface area (Å²) < 4.78 is 29.6. The third kappa shape index (κ3) is 7.81. The molecule has 1 aromatic rings. The van der Waals surface area contributed by atoms with E-state index in [4.69, 9.17) is 9.66 Å². The quantitative estimate of drug-likeness (QED) is 0.823. The molecule has 102 valence electrons. The number of carboxylic acid groups (broad SMARTS) is 1. The normalized spacial score (nSPS) is 10.4. The van der Waals surface area contributed by atoms with Gasteiger partial charge in [-0.3, -0.25) is 9.35 Å². The minimum absolute atomic E-state index is 0.0666. The number of carbonyl (C=O) groups is 1. The Labute approximate surface area is 107 Å². The summed E-state index contributed by atoms with van der Waals surface area (Å²) in [6, 6.07) is 5.99. The lowest BCUT2D eigenvalue weighted by Gasteiger charge is -1.95. The number of rotatable bonds is 4. The fourth-order valence-electron chi connectivity index (χ4n) is 1.04. The average Bonchev–Trinajstić information content (AvgIpc) is 2.26. The first-order valence-corrected chi connectivity index (χ1v) is 6.97. The molecule has 18 heavy (non-hydrogen) atoms. The average molecular weight is 274 g/mol. The van der Waals surface area contributed by atoms with E-state index < -0.39 is 16.1 Å². The van der Waals surface area contributed by atoms with Crippen LogP contribution in [0.15, 0.2) is 29.2 Å². The Morgan fingerprint density at radius 2 is 1.72 bits per heavy atom. The number of aliphatic carboxylic acids is 1. The maximum absolute atomic E-state index is 10.5. The van der Waals surface area contributed by atoms with Crippen molar-refractivity contribution in [2.45, 2.75) is 38.0 Å². The van der Waals surface area contributed by atoms with Crippen LogP contribution in [0.1, 0.15) is 31.7 Å². The molecule has 2 N–H and O–H groups in total. The van der Waals surface area contributed by atoms with Crippen LogP contribution in [0.5, 0.6) is 0 Å². The van der Waals surface area contributed by atoms with E-state index in [-0.39, 0.29) is 4.90 Å². The van der Waals surface area contributed by atoms with Crippen LogP contribution in [0.4, 0.5) is 0 Å². The Morgan fingerprint density at radius 3 is 2.00 bits per heavy atom. The molecule has 0 aliphatic heterocycles. The van der Waals surface area contributed by atoms with Crippen molar-refractivity contribution in [1.82, 2.24) is 0 Å². The lowest BCUT2D eigenvalue weighted by molar-refractivity contribution is -0.137. The Kier molecular flexibility index (Phi) is 7.23. The SMILES string of the molecule is CCCCC(=O)O.Cc1ccc(S(=O)(=O)O)cc1. The fraction of sp³-hybridized carbons (Fsp3) is 0.417. The second kappa shape index (κ2) is 7.84. The Morgan fingerprint density at radius 1 is 1.22 bits per heavy atom. The molecule has 0 saturated heterocycles. The molecular formula is C12H18O5S. The van der Waals surface area contributed by atoms with Gasteiger partial charge in [0.1, 0.15) is 0 Å². The van der Waals surface area contributed by atoms with E-state index in [9.17, 15) is 13.2 Å². The van der Waals surface area contributed by atoms with Crippen LogP contribution < -0.4 is 0 Å². The van der Waals surface area contributed by atoms with Gasteiger partial charge in [-0.05, 0) is 25.5 Å². The van der Waals surface area contributed by atoms with Crippen LogP contribution in [0.3, 0.4) is 0 Å². The molecule has 0 aliphatic rings. The first-order valence-electron chi connectivity index (χ1n) is 5.53. The van der Waals surface area contributed by atoms with Gasteiger partial charge in [0.15, 0.2) is 0 Å². The Bertz CT molecular complexity index is 462. The molecule has 5 nitrogen and oxygen atoms in total. The summed E-state index contributed by atoms with van der Waals surface area (Å²) in [5, 5.41) is 8.04. The van der Waals surface area contributed by atoms with E-state index in [1.54, 1.807) is 12.1 Å². The van der Waals surface area contributed by atoms with E-state index >= 15 is 0 Å². The summed E-state index contributed by atoms with van der Waals surface area (Å²) in [7, 11) is -4.02. The van der Waals surface area contributed by atoms with E-state index in [1.807, 2.05) is 13.8 Å². The highest BCUT2D eigenvalue weighted by atomic mass is 32.2. The van der Waals surface area contributed by atoms with E-state index in [1.165, 1.54) is 12.1 Å².